The number of guanidine groups is 1. The average Bonchev–Trinajstić information content (AvgIpc) is 3.25. The van der Waals surface area contributed by atoms with Crippen LogP contribution in [0.25, 0.3) is 0 Å². The number of nitrogens with one attached hydrogen (secondary N) is 2. The third-order valence-electron chi connectivity index (χ3n) is 5.17. The number of hydrogen-bond donors (Lipinski definition) is 2. The van der Waals surface area contributed by atoms with Crippen LogP contribution in [0.1, 0.15) is 30.9 Å². The van der Waals surface area contributed by atoms with Gasteiger partial charge in [-0.05, 0) is 44.5 Å². The van der Waals surface area contributed by atoms with E-state index in [1.165, 1.54) is 6.07 Å². The smallest absolute Gasteiger partial charge is 0.191 e. The van der Waals surface area contributed by atoms with Crippen LogP contribution in [0.2, 0.25) is 5.02 Å². The number of rotatable bonds is 5. The normalized spacial score (nSPS) is 23.2. The first-order chi connectivity index (χ1) is 12.9. The fourth-order valence-corrected chi connectivity index (χ4v) is 5.75. The van der Waals surface area contributed by atoms with Crippen LogP contribution in [0.15, 0.2) is 23.2 Å². The van der Waals surface area contributed by atoms with E-state index in [4.69, 9.17) is 11.6 Å². The molecule has 1 aromatic rings. The average molecular weight is 545 g/mol. The van der Waals surface area contributed by atoms with Crippen LogP contribution < -0.4 is 10.6 Å². The summed E-state index contributed by atoms with van der Waals surface area (Å²) in [5.74, 6) is 0.519. The lowest BCUT2D eigenvalue weighted by molar-refractivity contribution is 0.240. The van der Waals surface area contributed by atoms with Gasteiger partial charge >= 0.3 is 0 Å². The summed E-state index contributed by atoms with van der Waals surface area (Å²) in [6.07, 6.45) is 2.72. The van der Waals surface area contributed by atoms with E-state index in [1.54, 1.807) is 19.2 Å². The second-order valence-corrected chi connectivity index (χ2v) is 9.73. The van der Waals surface area contributed by atoms with Crippen molar-refractivity contribution >= 4 is 51.4 Å². The van der Waals surface area contributed by atoms with E-state index in [2.05, 4.69) is 20.5 Å². The third kappa shape index (κ3) is 5.93. The Morgan fingerprint density at radius 3 is 2.68 bits per heavy atom. The first-order valence-corrected chi connectivity index (χ1v) is 11.4. The van der Waals surface area contributed by atoms with E-state index in [1.807, 2.05) is 0 Å². The van der Waals surface area contributed by atoms with Crippen LogP contribution in [0.3, 0.4) is 0 Å². The highest BCUT2D eigenvalue weighted by atomic mass is 127. The zero-order valence-electron chi connectivity index (χ0n) is 15.8. The van der Waals surface area contributed by atoms with Crippen molar-refractivity contribution in [3.05, 3.63) is 34.6 Å². The van der Waals surface area contributed by atoms with Gasteiger partial charge < -0.3 is 10.6 Å². The Labute approximate surface area is 188 Å². The van der Waals surface area contributed by atoms with Crippen LogP contribution in [0, 0.1) is 5.82 Å². The molecule has 2 fully saturated rings. The molecule has 0 amide bonds. The van der Waals surface area contributed by atoms with Gasteiger partial charge in [-0.15, -0.1) is 24.0 Å². The molecule has 0 bridgehead atoms. The van der Waals surface area contributed by atoms with Crippen LogP contribution in [0.5, 0.6) is 0 Å². The van der Waals surface area contributed by atoms with Crippen molar-refractivity contribution < 1.29 is 12.8 Å². The van der Waals surface area contributed by atoms with Gasteiger partial charge in [0.2, 0.25) is 0 Å². The lowest BCUT2D eigenvalue weighted by Crippen LogP contribution is -2.47. The molecule has 0 saturated carbocycles. The predicted molar refractivity (Wildman–Crippen MR) is 122 cm³/mol. The Balaban J connectivity index is 0.00000280. The molecule has 0 spiro atoms. The van der Waals surface area contributed by atoms with Gasteiger partial charge in [-0.2, -0.15) is 0 Å². The second kappa shape index (κ2) is 10.4. The van der Waals surface area contributed by atoms with Crippen molar-refractivity contribution in [2.45, 2.75) is 31.3 Å². The van der Waals surface area contributed by atoms with Crippen molar-refractivity contribution in [2.75, 3.05) is 38.2 Å². The summed E-state index contributed by atoms with van der Waals surface area (Å²) in [6.45, 7) is 2.22. The SMILES string of the molecule is CN=C(NCC(c1c(F)cccc1Cl)N1CCCC1)NC1CCS(=O)(=O)C1.I. The highest BCUT2D eigenvalue weighted by Gasteiger charge is 2.30. The molecule has 3 rings (SSSR count). The van der Waals surface area contributed by atoms with Gasteiger partial charge in [-0.3, -0.25) is 9.89 Å². The minimum absolute atomic E-state index is 0. The number of halogens is 3. The van der Waals surface area contributed by atoms with E-state index >= 15 is 0 Å². The summed E-state index contributed by atoms with van der Waals surface area (Å²) in [4.78, 5) is 6.42. The van der Waals surface area contributed by atoms with Gasteiger partial charge in [0.15, 0.2) is 15.8 Å². The number of aliphatic imine (C=N–C) groups is 1. The van der Waals surface area contributed by atoms with Crippen molar-refractivity contribution in [2.24, 2.45) is 4.99 Å². The molecule has 10 heteroatoms. The van der Waals surface area contributed by atoms with Crippen LogP contribution in [-0.4, -0.2) is 63.5 Å². The highest BCUT2D eigenvalue weighted by molar-refractivity contribution is 14.0. The van der Waals surface area contributed by atoms with Gasteiger partial charge in [-0.25, -0.2) is 12.8 Å². The number of sulfone groups is 1. The van der Waals surface area contributed by atoms with Crippen molar-refractivity contribution in [3.63, 3.8) is 0 Å². The molecule has 6 nitrogen and oxygen atoms in total. The zero-order chi connectivity index (χ0) is 19.4. The Kier molecular flexibility index (Phi) is 8.78. The van der Waals surface area contributed by atoms with Crippen molar-refractivity contribution in [1.29, 1.82) is 0 Å². The molecule has 2 heterocycles. The monoisotopic (exact) mass is 544 g/mol. The maximum Gasteiger partial charge on any atom is 0.191 e. The number of benzene rings is 1. The quantitative estimate of drug-likeness (QED) is 0.339. The maximum absolute atomic E-state index is 14.5. The van der Waals surface area contributed by atoms with Crippen LogP contribution in [0.4, 0.5) is 4.39 Å². The van der Waals surface area contributed by atoms with Gasteiger partial charge in [0.1, 0.15) is 5.82 Å². The maximum atomic E-state index is 14.5. The molecule has 2 aliphatic rings. The van der Waals surface area contributed by atoms with E-state index in [-0.39, 0.29) is 53.4 Å². The van der Waals surface area contributed by atoms with E-state index < -0.39 is 9.84 Å². The summed E-state index contributed by atoms with van der Waals surface area (Å²) in [7, 11) is -1.33. The van der Waals surface area contributed by atoms with Crippen LogP contribution >= 0.6 is 35.6 Å². The Bertz CT molecular complexity index is 783. The minimum Gasteiger partial charge on any atom is -0.354 e. The predicted octanol–water partition coefficient (Wildman–Crippen LogP) is 2.59. The fraction of sp³-hybridized carbons (Fsp3) is 0.611. The van der Waals surface area contributed by atoms with Gasteiger partial charge in [0.25, 0.3) is 0 Å². The summed E-state index contributed by atoms with van der Waals surface area (Å²) in [6, 6.07) is 4.38. The summed E-state index contributed by atoms with van der Waals surface area (Å²) < 4.78 is 37.8. The first-order valence-electron chi connectivity index (χ1n) is 9.25. The van der Waals surface area contributed by atoms with Crippen molar-refractivity contribution in [1.82, 2.24) is 15.5 Å². The molecule has 0 radical (unpaired) electrons. The van der Waals surface area contributed by atoms with Gasteiger partial charge in [-0.1, -0.05) is 17.7 Å². The number of hydrogen-bond acceptors (Lipinski definition) is 4. The van der Waals surface area contributed by atoms with Crippen LogP contribution in [-0.2, 0) is 9.84 Å². The minimum atomic E-state index is -2.97. The second-order valence-electron chi connectivity index (χ2n) is 7.09. The molecule has 1 aromatic carbocycles. The lowest BCUT2D eigenvalue weighted by atomic mass is 10.0. The van der Waals surface area contributed by atoms with E-state index in [0.717, 1.165) is 25.9 Å². The molecule has 28 heavy (non-hydrogen) atoms. The van der Waals surface area contributed by atoms with E-state index in [9.17, 15) is 12.8 Å². The Morgan fingerprint density at radius 2 is 2.11 bits per heavy atom. The molecule has 2 N–H and O–H groups in total. The molecule has 2 saturated heterocycles. The third-order valence-corrected chi connectivity index (χ3v) is 7.27. The van der Waals surface area contributed by atoms with Gasteiger partial charge in [0.05, 0.1) is 17.5 Å². The number of likely N-dealkylation sites (tertiary alicyclic amines) is 1. The molecule has 2 unspecified atom stereocenters. The van der Waals surface area contributed by atoms with Gasteiger partial charge in [0, 0.05) is 30.2 Å². The standard InChI is InChI=1S/C18H26ClFN4O2S.HI/c1-21-18(23-13-7-10-27(25,26)12-13)22-11-16(24-8-2-3-9-24)17-14(19)5-4-6-15(17)20;/h4-6,13,16H,2-3,7-12H2,1H3,(H2,21,22,23);1H. The number of nitrogens with zero attached hydrogens (tertiary/aromatic N) is 2. The Morgan fingerprint density at radius 1 is 1.39 bits per heavy atom. The lowest BCUT2D eigenvalue weighted by Gasteiger charge is -2.30. The molecule has 2 aliphatic heterocycles. The summed E-state index contributed by atoms with van der Waals surface area (Å²) in [5, 5.41) is 6.81. The highest BCUT2D eigenvalue weighted by Crippen LogP contribution is 2.31. The summed E-state index contributed by atoms with van der Waals surface area (Å²) >= 11 is 6.31. The Hall–Kier alpha value is -0.650. The summed E-state index contributed by atoms with van der Waals surface area (Å²) in [5.41, 5.74) is 0.493. The molecular formula is C18H27ClFIN4O2S. The zero-order valence-corrected chi connectivity index (χ0v) is 19.7. The molecular weight excluding hydrogens is 518 g/mol. The molecule has 158 valence electrons. The largest absolute Gasteiger partial charge is 0.354 e. The topological polar surface area (TPSA) is 73.8 Å². The first kappa shape index (κ1) is 23.6. The molecule has 0 aromatic heterocycles. The molecule has 0 aliphatic carbocycles. The van der Waals surface area contributed by atoms with E-state index in [0.29, 0.717) is 29.5 Å². The van der Waals surface area contributed by atoms with Crippen molar-refractivity contribution in [3.8, 4) is 0 Å². The fourth-order valence-electron chi connectivity index (χ4n) is 3.79. The molecule has 2 atom stereocenters.